The minimum Gasteiger partial charge on any atom is -0.494 e. The Kier molecular flexibility index (Phi) is 5.81. The van der Waals surface area contributed by atoms with Crippen molar-refractivity contribution in [3.8, 4) is 17.2 Å². The standard InChI is InChI=1S/C25H27N3O2/c1-25(2,26)15-16-29-22-12-10-20(11-13-22)24-28-27-23(30-24)14-8-18-7-9-19-5-3-4-6-21(19)17-18/h3-7,9-13,17H,8,14-16,26H2,1-2H3. The zero-order chi connectivity index (χ0) is 21.0. The lowest BCUT2D eigenvalue weighted by atomic mass is 10.0. The Balaban J connectivity index is 1.35. The number of nitrogens with zero attached hydrogens (tertiary/aromatic N) is 2. The Hall–Kier alpha value is -3.18. The quantitative estimate of drug-likeness (QED) is 0.440. The highest BCUT2D eigenvalue weighted by atomic mass is 16.5. The first-order valence-corrected chi connectivity index (χ1v) is 10.3. The maximum Gasteiger partial charge on any atom is 0.247 e. The molecule has 5 heteroatoms. The second-order valence-corrected chi connectivity index (χ2v) is 8.29. The third kappa shape index (κ3) is 5.24. The Morgan fingerprint density at radius 1 is 0.900 bits per heavy atom. The first-order valence-electron chi connectivity index (χ1n) is 10.3. The van der Waals surface area contributed by atoms with Gasteiger partial charge in [-0.1, -0.05) is 42.5 Å². The topological polar surface area (TPSA) is 74.2 Å². The van der Waals surface area contributed by atoms with Crippen LogP contribution in [-0.4, -0.2) is 22.3 Å². The third-order valence-corrected chi connectivity index (χ3v) is 5.02. The van der Waals surface area contributed by atoms with Crippen LogP contribution in [0, 0.1) is 0 Å². The minimum absolute atomic E-state index is 0.229. The summed E-state index contributed by atoms with van der Waals surface area (Å²) in [5.74, 6) is 1.97. The van der Waals surface area contributed by atoms with Gasteiger partial charge in [0.2, 0.25) is 11.8 Å². The van der Waals surface area contributed by atoms with Gasteiger partial charge in [-0.15, -0.1) is 10.2 Å². The lowest BCUT2D eigenvalue weighted by Gasteiger charge is -2.18. The normalized spacial score (nSPS) is 11.7. The summed E-state index contributed by atoms with van der Waals surface area (Å²) in [5, 5.41) is 10.9. The highest BCUT2D eigenvalue weighted by Gasteiger charge is 2.11. The largest absolute Gasteiger partial charge is 0.494 e. The Morgan fingerprint density at radius 2 is 1.67 bits per heavy atom. The van der Waals surface area contributed by atoms with Crippen molar-refractivity contribution in [1.29, 1.82) is 0 Å². The van der Waals surface area contributed by atoms with Crippen LogP contribution in [0.5, 0.6) is 5.75 Å². The molecule has 0 amide bonds. The summed E-state index contributed by atoms with van der Waals surface area (Å²) in [5.41, 5.74) is 7.89. The summed E-state index contributed by atoms with van der Waals surface area (Å²) in [6, 6.07) is 22.6. The average Bonchev–Trinajstić information content (AvgIpc) is 3.21. The van der Waals surface area contributed by atoms with Crippen molar-refractivity contribution in [2.75, 3.05) is 6.61 Å². The van der Waals surface area contributed by atoms with E-state index in [1.54, 1.807) is 0 Å². The van der Waals surface area contributed by atoms with Crippen LogP contribution in [0.2, 0.25) is 0 Å². The first-order chi connectivity index (χ1) is 14.5. The van der Waals surface area contributed by atoms with Gasteiger partial charge in [0.25, 0.3) is 0 Å². The minimum atomic E-state index is -0.229. The molecule has 154 valence electrons. The molecule has 3 aromatic carbocycles. The summed E-state index contributed by atoms with van der Waals surface area (Å²) >= 11 is 0. The number of benzene rings is 3. The summed E-state index contributed by atoms with van der Waals surface area (Å²) in [6.45, 7) is 4.57. The van der Waals surface area contributed by atoms with E-state index in [-0.39, 0.29) is 5.54 Å². The van der Waals surface area contributed by atoms with Crippen molar-refractivity contribution in [3.05, 3.63) is 78.2 Å². The zero-order valence-corrected chi connectivity index (χ0v) is 17.5. The van der Waals surface area contributed by atoms with E-state index < -0.39 is 0 Å². The zero-order valence-electron chi connectivity index (χ0n) is 17.5. The van der Waals surface area contributed by atoms with E-state index in [9.17, 15) is 0 Å². The number of ether oxygens (including phenoxy) is 1. The molecule has 0 atom stereocenters. The van der Waals surface area contributed by atoms with Gasteiger partial charge >= 0.3 is 0 Å². The van der Waals surface area contributed by atoms with Gasteiger partial charge in [-0.25, -0.2) is 0 Å². The second-order valence-electron chi connectivity index (χ2n) is 8.29. The lowest BCUT2D eigenvalue weighted by Crippen LogP contribution is -2.33. The van der Waals surface area contributed by atoms with Gasteiger partial charge in [-0.2, -0.15) is 0 Å². The molecular formula is C25H27N3O2. The molecule has 5 nitrogen and oxygen atoms in total. The molecule has 0 fully saturated rings. The molecule has 4 rings (SSSR count). The molecule has 0 unspecified atom stereocenters. The van der Waals surface area contributed by atoms with Gasteiger partial charge in [-0.3, -0.25) is 0 Å². The molecule has 2 N–H and O–H groups in total. The molecule has 0 saturated carbocycles. The van der Waals surface area contributed by atoms with Crippen molar-refractivity contribution >= 4 is 10.8 Å². The second kappa shape index (κ2) is 8.67. The van der Waals surface area contributed by atoms with Crippen LogP contribution in [-0.2, 0) is 12.8 Å². The van der Waals surface area contributed by atoms with Gasteiger partial charge in [0.1, 0.15) is 5.75 Å². The van der Waals surface area contributed by atoms with Crippen LogP contribution < -0.4 is 10.5 Å². The number of aryl methyl sites for hydroxylation is 2. The molecule has 4 aromatic rings. The molecule has 1 aromatic heterocycles. The van der Waals surface area contributed by atoms with Crippen LogP contribution in [0.1, 0.15) is 31.7 Å². The third-order valence-electron chi connectivity index (χ3n) is 5.02. The molecular weight excluding hydrogens is 374 g/mol. The molecule has 30 heavy (non-hydrogen) atoms. The van der Waals surface area contributed by atoms with Crippen LogP contribution in [0.25, 0.3) is 22.2 Å². The fraction of sp³-hybridized carbons (Fsp3) is 0.280. The number of fused-ring (bicyclic) bond motifs is 1. The van der Waals surface area contributed by atoms with Crippen LogP contribution in [0.4, 0.5) is 0 Å². The molecule has 0 aliphatic rings. The number of rotatable bonds is 8. The molecule has 0 bridgehead atoms. The highest BCUT2D eigenvalue weighted by molar-refractivity contribution is 5.82. The van der Waals surface area contributed by atoms with Gasteiger partial charge < -0.3 is 14.9 Å². The van der Waals surface area contributed by atoms with Gasteiger partial charge in [0.05, 0.1) is 6.61 Å². The monoisotopic (exact) mass is 401 g/mol. The van der Waals surface area contributed by atoms with Crippen molar-refractivity contribution in [1.82, 2.24) is 10.2 Å². The molecule has 0 saturated heterocycles. The van der Waals surface area contributed by atoms with E-state index >= 15 is 0 Å². The summed E-state index contributed by atoms with van der Waals surface area (Å²) in [4.78, 5) is 0. The maximum atomic E-state index is 5.98. The smallest absolute Gasteiger partial charge is 0.247 e. The summed E-state index contributed by atoms with van der Waals surface area (Å²) in [6.07, 6.45) is 2.36. The maximum absolute atomic E-state index is 5.98. The molecule has 0 spiro atoms. The Morgan fingerprint density at radius 3 is 2.43 bits per heavy atom. The van der Waals surface area contributed by atoms with Crippen molar-refractivity contribution < 1.29 is 9.15 Å². The van der Waals surface area contributed by atoms with E-state index in [0.717, 1.165) is 24.2 Å². The number of hydrogen-bond acceptors (Lipinski definition) is 5. The van der Waals surface area contributed by atoms with Crippen molar-refractivity contribution in [2.24, 2.45) is 5.73 Å². The van der Waals surface area contributed by atoms with Crippen molar-refractivity contribution in [2.45, 2.75) is 38.6 Å². The van der Waals surface area contributed by atoms with Crippen LogP contribution in [0.15, 0.2) is 71.1 Å². The predicted molar refractivity (Wildman–Crippen MR) is 119 cm³/mol. The van der Waals surface area contributed by atoms with Gasteiger partial charge in [0, 0.05) is 17.5 Å². The highest BCUT2D eigenvalue weighted by Crippen LogP contribution is 2.23. The average molecular weight is 402 g/mol. The fourth-order valence-corrected chi connectivity index (χ4v) is 3.24. The SMILES string of the molecule is CC(C)(N)CCOc1ccc(-c2nnc(CCc3ccc4ccccc4c3)o2)cc1. The summed E-state index contributed by atoms with van der Waals surface area (Å²) < 4.78 is 11.6. The van der Waals surface area contributed by atoms with E-state index in [1.165, 1.54) is 16.3 Å². The van der Waals surface area contributed by atoms with E-state index in [2.05, 4.69) is 52.7 Å². The Labute approximate surface area is 176 Å². The van der Waals surface area contributed by atoms with E-state index in [0.29, 0.717) is 24.8 Å². The molecule has 0 aliphatic carbocycles. The lowest BCUT2D eigenvalue weighted by molar-refractivity contribution is 0.274. The number of hydrogen-bond donors (Lipinski definition) is 1. The fourth-order valence-electron chi connectivity index (χ4n) is 3.24. The molecule has 0 radical (unpaired) electrons. The van der Waals surface area contributed by atoms with Crippen LogP contribution in [0.3, 0.4) is 0 Å². The van der Waals surface area contributed by atoms with Crippen molar-refractivity contribution in [3.63, 3.8) is 0 Å². The first kappa shape index (κ1) is 20.1. The number of nitrogens with two attached hydrogens (primary N) is 1. The van der Waals surface area contributed by atoms with E-state index in [1.807, 2.05) is 38.1 Å². The van der Waals surface area contributed by atoms with E-state index in [4.69, 9.17) is 14.9 Å². The summed E-state index contributed by atoms with van der Waals surface area (Å²) in [7, 11) is 0. The predicted octanol–water partition coefficient (Wildman–Crippen LogP) is 5.18. The number of aromatic nitrogens is 2. The van der Waals surface area contributed by atoms with Gasteiger partial charge in [0.15, 0.2) is 0 Å². The van der Waals surface area contributed by atoms with Gasteiger partial charge in [-0.05, 0) is 67.3 Å². The van der Waals surface area contributed by atoms with Crippen LogP contribution >= 0.6 is 0 Å². The Bertz CT molecular complexity index is 1110. The molecule has 1 heterocycles. The molecule has 0 aliphatic heterocycles.